The molecule has 0 radical (unpaired) electrons. The quantitative estimate of drug-likeness (QED) is 0.425. The fourth-order valence-corrected chi connectivity index (χ4v) is 1.40. The van der Waals surface area contributed by atoms with E-state index in [0.717, 1.165) is 0 Å². The molecule has 0 aromatic rings. The zero-order chi connectivity index (χ0) is 11.4. The highest BCUT2D eigenvalue weighted by atomic mass is 16.6. The zero-order valence-electron chi connectivity index (χ0n) is 8.35. The average molecular weight is 220 g/mol. The molecule has 5 atom stereocenters. The summed E-state index contributed by atoms with van der Waals surface area (Å²) in [7, 11) is 0. The van der Waals surface area contributed by atoms with Gasteiger partial charge in [0.25, 0.3) is 0 Å². The van der Waals surface area contributed by atoms with Gasteiger partial charge in [0, 0.05) is 0 Å². The Kier molecular flexibility index (Phi) is 4.49. The smallest absolute Gasteiger partial charge is 0.185 e. The monoisotopic (exact) mass is 220 g/mol. The SMILES string of the molecule is CC=CO[C@@H]1[C@H](O)[C@@H](O)O[C@H](CO)[C@H]1O. The van der Waals surface area contributed by atoms with Gasteiger partial charge in [-0.3, -0.25) is 0 Å². The summed E-state index contributed by atoms with van der Waals surface area (Å²) in [6, 6.07) is 0. The van der Waals surface area contributed by atoms with Crippen molar-refractivity contribution in [1.82, 2.24) is 0 Å². The number of allylic oxidation sites excluding steroid dienone is 1. The minimum atomic E-state index is -1.47. The minimum absolute atomic E-state index is 0.458. The normalized spacial score (nSPS) is 42.1. The van der Waals surface area contributed by atoms with E-state index in [1.54, 1.807) is 13.0 Å². The second-order valence-corrected chi connectivity index (χ2v) is 3.30. The van der Waals surface area contributed by atoms with Crippen molar-refractivity contribution >= 4 is 0 Å². The number of aliphatic hydroxyl groups is 4. The minimum Gasteiger partial charge on any atom is -0.493 e. The van der Waals surface area contributed by atoms with Crippen molar-refractivity contribution < 1.29 is 29.9 Å². The molecule has 0 bridgehead atoms. The largest absolute Gasteiger partial charge is 0.493 e. The summed E-state index contributed by atoms with van der Waals surface area (Å²) in [5.41, 5.74) is 0. The highest BCUT2D eigenvalue weighted by Crippen LogP contribution is 2.22. The molecule has 88 valence electrons. The Morgan fingerprint density at radius 1 is 1.27 bits per heavy atom. The Bertz CT molecular complexity index is 219. The number of hydrogen-bond donors (Lipinski definition) is 4. The van der Waals surface area contributed by atoms with Crippen LogP contribution in [0.2, 0.25) is 0 Å². The van der Waals surface area contributed by atoms with E-state index in [0.29, 0.717) is 0 Å². The van der Waals surface area contributed by atoms with Crippen molar-refractivity contribution in [1.29, 1.82) is 0 Å². The molecule has 1 heterocycles. The van der Waals surface area contributed by atoms with Crippen molar-refractivity contribution in [3.8, 4) is 0 Å². The number of aliphatic hydroxyl groups excluding tert-OH is 4. The van der Waals surface area contributed by atoms with Gasteiger partial charge in [-0.1, -0.05) is 6.08 Å². The van der Waals surface area contributed by atoms with E-state index in [1.807, 2.05) is 0 Å². The fraction of sp³-hybridized carbons (Fsp3) is 0.778. The molecule has 1 saturated heterocycles. The maximum Gasteiger partial charge on any atom is 0.185 e. The van der Waals surface area contributed by atoms with Crippen LogP contribution in [0.3, 0.4) is 0 Å². The Labute approximate surface area is 87.4 Å². The van der Waals surface area contributed by atoms with Crippen LogP contribution in [-0.4, -0.2) is 57.7 Å². The lowest BCUT2D eigenvalue weighted by atomic mass is 9.99. The Balaban J connectivity index is 2.70. The van der Waals surface area contributed by atoms with E-state index >= 15 is 0 Å². The van der Waals surface area contributed by atoms with Crippen molar-refractivity contribution in [2.45, 2.75) is 37.6 Å². The summed E-state index contributed by atoms with van der Waals surface area (Å²) in [6.45, 7) is 1.25. The molecule has 1 aliphatic rings. The fourth-order valence-electron chi connectivity index (χ4n) is 1.40. The van der Waals surface area contributed by atoms with Crippen LogP contribution in [0.15, 0.2) is 12.3 Å². The van der Waals surface area contributed by atoms with E-state index in [2.05, 4.69) is 0 Å². The van der Waals surface area contributed by atoms with Crippen molar-refractivity contribution in [2.24, 2.45) is 0 Å². The van der Waals surface area contributed by atoms with Gasteiger partial charge in [-0.2, -0.15) is 0 Å². The highest BCUT2D eigenvalue weighted by molar-refractivity contribution is 4.91. The van der Waals surface area contributed by atoms with E-state index in [9.17, 15) is 15.3 Å². The summed E-state index contributed by atoms with van der Waals surface area (Å²) in [5, 5.41) is 37.2. The van der Waals surface area contributed by atoms with Crippen molar-refractivity contribution in [3.63, 3.8) is 0 Å². The van der Waals surface area contributed by atoms with E-state index in [-0.39, 0.29) is 0 Å². The summed E-state index contributed by atoms with van der Waals surface area (Å²) in [5.74, 6) is 0. The molecule has 0 aromatic carbocycles. The Hall–Kier alpha value is -0.660. The molecule has 0 aliphatic carbocycles. The third-order valence-corrected chi connectivity index (χ3v) is 2.21. The van der Waals surface area contributed by atoms with Gasteiger partial charge < -0.3 is 29.9 Å². The van der Waals surface area contributed by atoms with E-state index in [1.165, 1.54) is 6.26 Å². The van der Waals surface area contributed by atoms with Crippen molar-refractivity contribution in [2.75, 3.05) is 6.61 Å². The third-order valence-electron chi connectivity index (χ3n) is 2.21. The molecule has 0 unspecified atom stereocenters. The van der Waals surface area contributed by atoms with Gasteiger partial charge >= 0.3 is 0 Å². The third kappa shape index (κ3) is 2.67. The van der Waals surface area contributed by atoms with Gasteiger partial charge in [0.05, 0.1) is 12.9 Å². The first kappa shape index (κ1) is 12.4. The van der Waals surface area contributed by atoms with Crippen LogP contribution in [-0.2, 0) is 9.47 Å². The maximum absolute atomic E-state index is 9.63. The first-order valence-corrected chi connectivity index (χ1v) is 4.69. The molecule has 0 saturated carbocycles. The second kappa shape index (κ2) is 5.43. The van der Waals surface area contributed by atoms with Crippen LogP contribution in [0, 0.1) is 0 Å². The highest BCUT2D eigenvalue weighted by Gasteiger charge is 2.44. The lowest BCUT2D eigenvalue weighted by Crippen LogP contribution is -2.59. The molecule has 1 rings (SSSR count). The molecule has 4 N–H and O–H groups in total. The molecular weight excluding hydrogens is 204 g/mol. The van der Waals surface area contributed by atoms with Crippen LogP contribution in [0.4, 0.5) is 0 Å². The molecular formula is C9H16O6. The van der Waals surface area contributed by atoms with Gasteiger partial charge in [-0.25, -0.2) is 0 Å². The van der Waals surface area contributed by atoms with Gasteiger partial charge in [-0.15, -0.1) is 0 Å². The van der Waals surface area contributed by atoms with Crippen LogP contribution in [0.25, 0.3) is 0 Å². The second-order valence-electron chi connectivity index (χ2n) is 3.30. The van der Waals surface area contributed by atoms with Crippen LogP contribution >= 0.6 is 0 Å². The number of hydrogen-bond acceptors (Lipinski definition) is 6. The Morgan fingerprint density at radius 3 is 2.47 bits per heavy atom. The van der Waals surface area contributed by atoms with E-state index in [4.69, 9.17) is 14.6 Å². The van der Waals surface area contributed by atoms with Gasteiger partial charge in [0.15, 0.2) is 12.4 Å². The summed E-state index contributed by atoms with van der Waals surface area (Å²) >= 11 is 0. The average Bonchev–Trinajstić information content (AvgIpc) is 2.23. The topological polar surface area (TPSA) is 99.4 Å². The lowest BCUT2D eigenvalue weighted by Gasteiger charge is -2.39. The first-order valence-electron chi connectivity index (χ1n) is 4.69. The van der Waals surface area contributed by atoms with Crippen LogP contribution < -0.4 is 0 Å². The van der Waals surface area contributed by atoms with Gasteiger partial charge in [-0.05, 0) is 6.92 Å². The Morgan fingerprint density at radius 2 is 1.93 bits per heavy atom. The molecule has 15 heavy (non-hydrogen) atoms. The molecule has 1 fully saturated rings. The van der Waals surface area contributed by atoms with Gasteiger partial charge in [0.1, 0.15) is 18.3 Å². The number of ether oxygens (including phenoxy) is 2. The zero-order valence-corrected chi connectivity index (χ0v) is 8.35. The summed E-state index contributed by atoms with van der Waals surface area (Å²) < 4.78 is 9.80. The number of rotatable bonds is 3. The predicted octanol–water partition coefficient (Wildman–Crippen LogP) is -1.66. The molecule has 0 amide bonds. The molecule has 1 aliphatic heterocycles. The van der Waals surface area contributed by atoms with E-state index < -0.39 is 37.3 Å². The van der Waals surface area contributed by atoms with Crippen molar-refractivity contribution in [3.05, 3.63) is 12.3 Å². The van der Waals surface area contributed by atoms with Gasteiger partial charge in [0.2, 0.25) is 0 Å². The predicted molar refractivity (Wildman–Crippen MR) is 49.7 cm³/mol. The summed E-state index contributed by atoms with van der Waals surface area (Å²) in [6.07, 6.45) is -3.11. The van der Waals surface area contributed by atoms with Crippen LogP contribution in [0.1, 0.15) is 6.92 Å². The van der Waals surface area contributed by atoms with Crippen LogP contribution in [0.5, 0.6) is 0 Å². The standard InChI is InChI=1S/C9H16O6/c1-2-3-14-8-6(11)5(4-10)15-9(13)7(8)12/h2-3,5-13H,4H2,1H3/t5-,6-,7+,8+,9+/m1/s1. The molecule has 0 aromatic heterocycles. The molecule has 6 nitrogen and oxygen atoms in total. The lowest BCUT2D eigenvalue weighted by molar-refractivity contribution is -0.287. The molecule has 0 spiro atoms. The summed E-state index contributed by atoms with van der Waals surface area (Å²) in [4.78, 5) is 0. The molecule has 6 heteroatoms. The first-order chi connectivity index (χ1) is 7.11. The maximum atomic E-state index is 9.63.